The minimum atomic E-state index is 0.486. The van der Waals surface area contributed by atoms with Crippen LogP contribution in [0.25, 0.3) is 0 Å². The molecule has 0 aliphatic rings. The van der Waals surface area contributed by atoms with Crippen molar-refractivity contribution in [2.45, 2.75) is 23.4 Å². The molecule has 0 aliphatic heterocycles. The third-order valence-electron chi connectivity index (χ3n) is 2.11. The van der Waals surface area contributed by atoms with Gasteiger partial charge in [0.25, 0.3) is 0 Å². The molecule has 0 fully saturated rings. The van der Waals surface area contributed by atoms with Gasteiger partial charge in [-0.3, -0.25) is 0 Å². The minimum absolute atomic E-state index is 0.486. The van der Waals surface area contributed by atoms with Crippen molar-refractivity contribution < 1.29 is 0 Å². The van der Waals surface area contributed by atoms with Crippen LogP contribution in [0.1, 0.15) is 24.0 Å². The molecule has 0 saturated carbocycles. The second kappa shape index (κ2) is 5.75. The number of thioether (sulfide) groups is 1. The summed E-state index contributed by atoms with van der Waals surface area (Å²) in [6.45, 7) is 2.03. The molecule has 17 heavy (non-hydrogen) atoms. The summed E-state index contributed by atoms with van der Waals surface area (Å²) in [5.41, 5.74) is 1.42. The molecular weight excluding hydrogens is 252 g/mol. The van der Waals surface area contributed by atoms with Gasteiger partial charge in [-0.1, -0.05) is 24.8 Å². The molecule has 0 aliphatic carbocycles. The second-order valence-electron chi connectivity index (χ2n) is 3.24. The third kappa shape index (κ3) is 3.02. The van der Waals surface area contributed by atoms with Crippen LogP contribution in [0.4, 0.5) is 0 Å². The number of nitrogens with zero attached hydrogens (tertiary/aromatic N) is 4. The van der Waals surface area contributed by atoms with Gasteiger partial charge in [-0.25, -0.2) is 9.97 Å². The fourth-order valence-electron chi connectivity index (χ4n) is 1.24. The lowest BCUT2D eigenvalue weighted by Gasteiger charge is -1.99. The van der Waals surface area contributed by atoms with Crippen LogP contribution in [0, 0.1) is 11.3 Å². The second-order valence-corrected chi connectivity index (χ2v) is 5.22. The zero-order valence-corrected chi connectivity index (χ0v) is 10.9. The number of hydrogen-bond acceptors (Lipinski definition) is 6. The first-order chi connectivity index (χ1) is 8.33. The van der Waals surface area contributed by atoms with Crippen LogP contribution in [0.3, 0.4) is 0 Å². The number of hydrogen-bond donors (Lipinski definition) is 0. The van der Waals surface area contributed by atoms with Gasteiger partial charge in [0.1, 0.15) is 17.6 Å². The highest BCUT2D eigenvalue weighted by atomic mass is 32.2. The van der Waals surface area contributed by atoms with Gasteiger partial charge < -0.3 is 0 Å². The number of rotatable bonds is 4. The molecule has 4 nitrogen and oxygen atoms in total. The van der Waals surface area contributed by atoms with E-state index in [0.717, 1.165) is 22.1 Å². The molecule has 6 heteroatoms. The molecule has 2 heterocycles. The summed E-state index contributed by atoms with van der Waals surface area (Å²) in [7, 11) is 0. The Morgan fingerprint density at radius 1 is 1.53 bits per heavy atom. The van der Waals surface area contributed by atoms with E-state index in [1.54, 1.807) is 18.0 Å². The Morgan fingerprint density at radius 3 is 3.12 bits per heavy atom. The number of aromatic nitrogens is 3. The Bertz CT molecular complexity index is 544. The predicted molar refractivity (Wildman–Crippen MR) is 67.8 cm³/mol. The van der Waals surface area contributed by atoms with Crippen LogP contribution in [0.2, 0.25) is 0 Å². The lowest BCUT2D eigenvalue weighted by Crippen LogP contribution is -1.90. The average molecular weight is 262 g/mol. The standard InChI is InChI=1S/C11H10N4S2/c1-2-10-14-11(17-15-10)16-7-8-4-3-5-13-9(8)6-12/h3-5H,2,7H2,1H3. The van der Waals surface area contributed by atoms with Crippen LogP contribution in [-0.4, -0.2) is 14.3 Å². The van der Waals surface area contributed by atoms with Crippen molar-refractivity contribution in [3.05, 3.63) is 35.4 Å². The average Bonchev–Trinajstić information content (AvgIpc) is 2.84. The maximum atomic E-state index is 8.91. The predicted octanol–water partition coefficient (Wildman–Crippen LogP) is 2.66. The Hall–Kier alpha value is -1.45. The molecule has 0 spiro atoms. The van der Waals surface area contributed by atoms with Gasteiger partial charge in [-0.2, -0.15) is 9.64 Å². The molecule has 0 atom stereocenters. The van der Waals surface area contributed by atoms with Gasteiger partial charge in [0.15, 0.2) is 4.34 Å². The summed E-state index contributed by atoms with van der Waals surface area (Å²) in [4.78, 5) is 8.39. The van der Waals surface area contributed by atoms with E-state index in [4.69, 9.17) is 5.26 Å². The van der Waals surface area contributed by atoms with E-state index < -0.39 is 0 Å². The van der Waals surface area contributed by atoms with E-state index in [1.807, 2.05) is 19.1 Å². The van der Waals surface area contributed by atoms with Gasteiger partial charge in [0.2, 0.25) is 0 Å². The van der Waals surface area contributed by atoms with E-state index >= 15 is 0 Å². The van der Waals surface area contributed by atoms with Gasteiger partial charge in [0, 0.05) is 18.4 Å². The SMILES string of the molecule is CCc1nsc(SCc2cccnc2C#N)n1. The van der Waals surface area contributed by atoms with E-state index in [-0.39, 0.29) is 0 Å². The van der Waals surface area contributed by atoms with Crippen LogP contribution >= 0.6 is 23.3 Å². The van der Waals surface area contributed by atoms with Crippen molar-refractivity contribution in [2.75, 3.05) is 0 Å². The fourth-order valence-corrected chi connectivity index (χ4v) is 2.92. The van der Waals surface area contributed by atoms with E-state index in [0.29, 0.717) is 11.4 Å². The molecule has 0 saturated heterocycles. The molecule has 86 valence electrons. The van der Waals surface area contributed by atoms with Crippen LogP contribution in [0.15, 0.2) is 22.7 Å². The number of pyridine rings is 1. The minimum Gasteiger partial charge on any atom is -0.245 e. The molecular formula is C11H10N4S2. The van der Waals surface area contributed by atoms with Gasteiger partial charge in [-0.05, 0) is 23.2 Å². The molecule has 0 unspecified atom stereocenters. The Labute approximate surface area is 108 Å². The first kappa shape index (κ1) is 12.0. The number of aryl methyl sites for hydroxylation is 1. The summed E-state index contributed by atoms with van der Waals surface area (Å²) >= 11 is 3.00. The van der Waals surface area contributed by atoms with Crippen molar-refractivity contribution >= 4 is 23.3 Å². The number of nitriles is 1. The summed E-state index contributed by atoms with van der Waals surface area (Å²) in [5, 5.41) is 8.91. The van der Waals surface area contributed by atoms with Crippen molar-refractivity contribution in [1.29, 1.82) is 5.26 Å². The molecule has 2 aromatic heterocycles. The summed E-state index contributed by atoms with van der Waals surface area (Å²) < 4.78 is 5.16. The van der Waals surface area contributed by atoms with E-state index in [1.165, 1.54) is 11.5 Å². The smallest absolute Gasteiger partial charge is 0.170 e. The molecule has 2 rings (SSSR count). The maximum Gasteiger partial charge on any atom is 0.170 e. The monoisotopic (exact) mass is 262 g/mol. The van der Waals surface area contributed by atoms with Gasteiger partial charge in [-0.15, -0.1) is 0 Å². The topological polar surface area (TPSA) is 62.5 Å². The van der Waals surface area contributed by atoms with E-state index in [2.05, 4.69) is 20.4 Å². The highest BCUT2D eigenvalue weighted by molar-refractivity contribution is 8.00. The summed E-state index contributed by atoms with van der Waals surface area (Å²) in [6, 6.07) is 5.85. The van der Waals surface area contributed by atoms with Crippen LogP contribution in [0.5, 0.6) is 0 Å². The first-order valence-electron chi connectivity index (χ1n) is 5.13. The highest BCUT2D eigenvalue weighted by Crippen LogP contribution is 2.25. The summed E-state index contributed by atoms with van der Waals surface area (Å²) in [6.07, 6.45) is 2.49. The van der Waals surface area contributed by atoms with Crippen molar-refractivity contribution in [1.82, 2.24) is 14.3 Å². The summed E-state index contributed by atoms with van der Waals surface area (Å²) in [5.74, 6) is 1.58. The quantitative estimate of drug-likeness (QED) is 0.793. The fraction of sp³-hybridized carbons (Fsp3) is 0.273. The lowest BCUT2D eigenvalue weighted by atomic mass is 10.2. The maximum absolute atomic E-state index is 8.91. The molecule has 0 radical (unpaired) electrons. The third-order valence-corrected chi connectivity index (χ3v) is 4.03. The van der Waals surface area contributed by atoms with Gasteiger partial charge in [0.05, 0.1) is 0 Å². The zero-order valence-electron chi connectivity index (χ0n) is 9.25. The zero-order chi connectivity index (χ0) is 12.1. The van der Waals surface area contributed by atoms with Crippen molar-refractivity contribution in [3.8, 4) is 6.07 Å². The normalized spacial score (nSPS) is 10.1. The van der Waals surface area contributed by atoms with Gasteiger partial charge >= 0.3 is 0 Å². The van der Waals surface area contributed by atoms with Crippen molar-refractivity contribution in [2.24, 2.45) is 0 Å². The Balaban J connectivity index is 2.05. The molecule has 2 aromatic rings. The Morgan fingerprint density at radius 2 is 2.41 bits per heavy atom. The molecule has 0 amide bonds. The van der Waals surface area contributed by atoms with Crippen LogP contribution < -0.4 is 0 Å². The lowest BCUT2D eigenvalue weighted by molar-refractivity contribution is 0.971. The van der Waals surface area contributed by atoms with Crippen molar-refractivity contribution in [3.63, 3.8) is 0 Å². The highest BCUT2D eigenvalue weighted by Gasteiger charge is 2.06. The molecule has 0 aromatic carbocycles. The van der Waals surface area contributed by atoms with E-state index in [9.17, 15) is 0 Å². The largest absolute Gasteiger partial charge is 0.245 e. The molecule has 0 bridgehead atoms. The van der Waals surface area contributed by atoms with Crippen LogP contribution in [-0.2, 0) is 12.2 Å². The molecule has 0 N–H and O–H groups in total. The Kier molecular flexibility index (Phi) is 4.07. The first-order valence-corrected chi connectivity index (χ1v) is 6.88.